The van der Waals surface area contributed by atoms with Gasteiger partial charge in [-0.2, -0.15) is 10.2 Å². The van der Waals surface area contributed by atoms with Crippen LogP contribution in [0.15, 0.2) is 24.5 Å². The Morgan fingerprint density at radius 1 is 1.19 bits per heavy atom. The fraction of sp³-hybridized carbons (Fsp3) is 0.368. The first-order valence-electron chi connectivity index (χ1n) is 9.03. The molecule has 1 aliphatic rings. The van der Waals surface area contributed by atoms with Crippen LogP contribution in [0.2, 0.25) is 0 Å². The summed E-state index contributed by atoms with van der Waals surface area (Å²) in [5.41, 5.74) is 1.07. The smallest absolute Gasteiger partial charge is 0.193 e. The van der Waals surface area contributed by atoms with Crippen LogP contribution < -0.4 is 10.1 Å². The highest BCUT2D eigenvalue weighted by molar-refractivity contribution is 7.21. The first-order valence-corrected chi connectivity index (χ1v) is 9.85. The molecule has 1 N–H and O–H groups in total. The molecule has 1 saturated heterocycles. The van der Waals surface area contributed by atoms with Crippen LogP contribution in [0.5, 0.6) is 5.75 Å². The number of rotatable bonds is 3. The van der Waals surface area contributed by atoms with Crippen molar-refractivity contribution in [1.29, 1.82) is 0 Å². The molecule has 27 heavy (non-hydrogen) atoms. The van der Waals surface area contributed by atoms with Crippen molar-refractivity contribution in [3.8, 4) is 16.2 Å². The molecule has 8 heteroatoms. The minimum Gasteiger partial charge on any atom is -0.493 e. The van der Waals surface area contributed by atoms with Gasteiger partial charge in [0.15, 0.2) is 11.6 Å². The molecule has 0 unspecified atom stereocenters. The minimum absolute atomic E-state index is 0.233. The summed E-state index contributed by atoms with van der Waals surface area (Å²) in [5.74, 6) is -0.187. The normalized spacial score (nSPS) is 15.8. The van der Waals surface area contributed by atoms with Crippen LogP contribution in [-0.2, 0) is 7.05 Å². The van der Waals surface area contributed by atoms with Gasteiger partial charge in [0, 0.05) is 40.7 Å². The van der Waals surface area contributed by atoms with Crippen LogP contribution in [-0.4, -0.2) is 39.8 Å². The summed E-state index contributed by atoms with van der Waals surface area (Å²) in [5, 5.41) is 14.2. The zero-order valence-corrected chi connectivity index (χ0v) is 16.0. The summed E-state index contributed by atoms with van der Waals surface area (Å²) in [7, 11) is 3.28. The van der Waals surface area contributed by atoms with Gasteiger partial charge in [-0.1, -0.05) is 0 Å². The van der Waals surface area contributed by atoms with Gasteiger partial charge in [0.05, 0.1) is 13.2 Å². The van der Waals surface area contributed by atoms with Gasteiger partial charge in [-0.15, -0.1) is 11.3 Å². The number of thiophene rings is 1. The third kappa shape index (κ3) is 2.71. The van der Waals surface area contributed by atoms with E-state index in [0.29, 0.717) is 11.6 Å². The quantitative estimate of drug-likeness (QED) is 0.584. The second-order valence-corrected chi connectivity index (χ2v) is 8.00. The third-order valence-corrected chi connectivity index (χ3v) is 6.25. The van der Waals surface area contributed by atoms with Crippen LogP contribution in [0.25, 0.3) is 31.6 Å². The average Bonchev–Trinajstić information content (AvgIpc) is 3.34. The molecule has 0 aliphatic carbocycles. The zero-order valence-electron chi connectivity index (χ0n) is 15.2. The molecule has 1 aliphatic heterocycles. The minimum atomic E-state index is -0.420. The summed E-state index contributed by atoms with van der Waals surface area (Å²) in [6, 6.07) is 4.47. The highest BCUT2D eigenvalue weighted by Gasteiger charge is 2.21. The van der Waals surface area contributed by atoms with Crippen molar-refractivity contribution in [2.45, 2.75) is 18.9 Å². The molecule has 6 nitrogen and oxygen atoms in total. The van der Waals surface area contributed by atoms with E-state index in [1.807, 2.05) is 12.3 Å². The number of aromatic nitrogens is 4. The van der Waals surface area contributed by atoms with E-state index in [4.69, 9.17) is 9.84 Å². The lowest BCUT2D eigenvalue weighted by Crippen LogP contribution is -2.29. The van der Waals surface area contributed by atoms with Crippen LogP contribution in [0.4, 0.5) is 4.39 Å². The molecular formula is C19H20FN5OS. The molecule has 3 aromatic heterocycles. The van der Waals surface area contributed by atoms with E-state index >= 15 is 0 Å². The summed E-state index contributed by atoms with van der Waals surface area (Å²) in [4.78, 5) is 1.92. The molecule has 5 rings (SSSR count). The Morgan fingerprint density at radius 2 is 2.00 bits per heavy atom. The van der Waals surface area contributed by atoms with Gasteiger partial charge in [0.1, 0.15) is 10.3 Å². The van der Waals surface area contributed by atoms with Gasteiger partial charge in [-0.3, -0.25) is 9.36 Å². The molecule has 0 bridgehead atoms. The van der Waals surface area contributed by atoms with E-state index in [9.17, 15) is 4.39 Å². The number of methoxy groups -OCH3 is 1. The van der Waals surface area contributed by atoms with E-state index in [1.54, 1.807) is 23.1 Å². The van der Waals surface area contributed by atoms with Crippen molar-refractivity contribution in [3.05, 3.63) is 30.3 Å². The summed E-state index contributed by atoms with van der Waals surface area (Å²) in [6.45, 7) is 2.07. The second-order valence-electron chi connectivity index (χ2n) is 6.97. The topological polar surface area (TPSA) is 56.9 Å². The number of nitrogens with zero attached hydrogens (tertiary/aromatic N) is 4. The molecule has 1 aromatic carbocycles. The molecule has 140 valence electrons. The van der Waals surface area contributed by atoms with E-state index in [0.717, 1.165) is 52.0 Å². The summed E-state index contributed by atoms with van der Waals surface area (Å²) in [6.07, 6.45) is 6.12. The Bertz CT molecular complexity index is 1110. The molecule has 4 aromatic rings. The van der Waals surface area contributed by atoms with Gasteiger partial charge < -0.3 is 10.1 Å². The van der Waals surface area contributed by atoms with E-state index in [2.05, 4.69) is 27.4 Å². The maximum Gasteiger partial charge on any atom is 0.193 e. The maximum absolute atomic E-state index is 14.9. The zero-order chi connectivity index (χ0) is 18.5. The number of ether oxygens (including phenoxy) is 1. The van der Waals surface area contributed by atoms with Crippen LogP contribution in [0, 0.1) is 5.82 Å². The molecule has 4 heterocycles. The first-order chi connectivity index (χ1) is 13.1. The van der Waals surface area contributed by atoms with Gasteiger partial charge in [0.25, 0.3) is 0 Å². The largest absolute Gasteiger partial charge is 0.493 e. The number of hydrogen-bond donors (Lipinski definition) is 1. The Kier molecular flexibility index (Phi) is 3.91. The number of piperidine rings is 1. The van der Waals surface area contributed by atoms with Crippen LogP contribution in [0.1, 0.15) is 18.9 Å². The molecular weight excluding hydrogens is 365 g/mol. The Labute approximate surface area is 159 Å². The lowest BCUT2D eigenvalue weighted by molar-refractivity contribution is 0.345. The third-order valence-electron chi connectivity index (χ3n) is 5.18. The number of aryl methyl sites for hydroxylation is 1. The molecule has 0 amide bonds. The lowest BCUT2D eigenvalue weighted by Gasteiger charge is -2.22. The monoisotopic (exact) mass is 385 g/mol. The van der Waals surface area contributed by atoms with Crippen molar-refractivity contribution in [1.82, 2.24) is 24.9 Å². The van der Waals surface area contributed by atoms with Gasteiger partial charge in [-0.25, -0.2) is 4.39 Å². The van der Waals surface area contributed by atoms with Crippen LogP contribution in [0.3, 0.4) is 0 Å². The highest BCUT2D eigenvalue weighted by Crippen LogP contribution is 2.42. The highest BCUT2D eigenvalue weighted by atomic mass is 32.1. The molecule has 0 spiro atoms. The van der Waals surface area contributed by atoms with Gasteiger partial charge in [0.2, 0.25) is 0 Å². The van der Waals surface area contributed by atoms with Crippen molar-refractivity contribution in [2.24, 2.45) is 7.05 Å². The predicted octanol–water partition coefficient (Wildman–Crippen LogP) is 3.72. The van der Waals surface area contributed by atoms with E-state index in [-0.39, 0.29) is 5.75 Å². The molecule has 0 saturated carbocycles. The Balaban J connectivity index is 1.59. The van der Waals surface area contributed by atoms with E-state index in [1.165, 1.54) is 7.11 Å². The fourth-order valence-corrected chi connectivity index (χ4v) is 4.87. The summed E-state index contributed by atoms with van der Waals surface area (Å²) >= 11 is 1.57. The van der Waals surface area contributed by atoms with Crippen molar-refractivity contribution in [2.75, 3.05) is 20.2 Å². The summed E-state index contributed by atoms with van der Waals surface area (Å²) < 4.78 is 24.0. The Morgan fingerprint density at radius 3 is 2.74 bits per heavy atom. The van der Waals surface area contributed by atoms with Crippen LogP contribution >= 0.6 is 11.3 Å². The van der Waals surface area contributed by atoms with Crippen molar-refractivity contribution < 1.29 is 9.13 Å². The average molecular weight is 385 g/mol. The van der Waals surface area contributed by atoms with Gasteiger partial charge in [-0.05, 0) is 38.1 Å². The number of nitrogens with one attached hydrogen (secondary N) is 1. The molecule has 0 atom stereocenters. The molecule has 1 fully saturated rings. The van der Waals surface area contributed by atoms with Crippen molar-refractivity contribution in [3.63, 3.8) is 0 Å². The Hall–Kier alpha value is -2.45. The predicted molar refractivity (Wildman–Crippen MR) is 105 cm³/mol. The number of halogens is 1. The van der Waals surface area contributed by atoms with E-state index < -0.39 is 5.82 Å². The molecule has 0 radical (unpaired) electrons. The maximum atomic E-state index is 14.9. The second kappa shape index (κ2) is 6.31. The van der Waals surface area contributed by atoms with Crippen molar-refractivity contribution >= 4 is 32.5 Å². The number of benzene rings is 1. The standard InChI is InChI=1S/C19H20FN5OS/c1-24-9-11-7-14(18(26-2)16(20)17(11)22-24)15-8-12-10-25(23-19(12)27-15)13-3-5-21-6-4-13/h7-10,13,21H,3-6H2,1-2H3. The fourth-order valence-electron chi connectivity index (χ4n) is 3.85. The SMILES string of the molecule is COc1c(-c2cc3cn(C4CCNCC4)nc3s2)cc2cn(C)nc2c1F. The lowest BCUT2D eigenvalue weighted by atomic mass is 10.1. The van der Waals surface area contributed by atoms with Gasteiger partial charge >= 0.3 is 0 Å². The first kappa shape index (κ1) is 16.7. The number of fused-ring (bicyclic) bond motifs is 2. The number of hydrogen-bond acceptors (Lipinski definition) is 5.